The van der Waals surface area contributed by atoms with Gasteiger partial charge in [0.25, 0.3) is 0 Å². The van der Waals surface area contributed by atoms with Gasteiger partial charge in [-0.3, -0.25) is 18.6 Å². The molecule has 12 atom stereocenters. The summed E-state index contributed by atoms with van der Waals surface area (Å²) in [7, 11) is -4.85. The van der Waals surface area contributed by atoms with Crippen LogP contribution in [0.3, 0.4) is 0 Å². The Kier molecular flexibility index (Phi) is 10.5. The summed E-state index contributed by atoms with van der Waals surface area (Å²) in [6.07, 6.45) is 2.97. The van der Waals surface area contributed by atoms with E-state index in [9.17, 15) is 32.5 Å². The standard InChI is InChI=1S/C33H54O11S/c1-18(2)26(44-45(38,39)40)10-9-19(3)24-16-27(42-21(5)35)30-32(24,8)14-12-29-31(7)13-11-23(41-20(4)34)15-25(31)28(43-22(6)36)17-33(29,30)37/h18-19,23-30,37H,9-17H2,1-8H3,(H,38,39,40)/p-1/t19-,23+,24-,25-,26+,27-,28+,29-,30-,31+,32-,33+/m1/s1. The molecule has 0 aliphatic heterocycles. The van der Waals surface area contributed by atoms with Crippen LogP contribution in [-0.2, 0) is 43.2 Å². The predicted molar refractivity (Wildman–Crippen MR) is 162 cm³/mol. The first-order chi connectivity index (χ1) is 20.7. The van der Waals surface area contributed by atoms with E-state index >= 15 is 0 Å². The molecule has 0 spiro atoms. The molecule has 0 aromatic heterocycles. The summed E-state index contributed by atoms with van der Waals surface area (Å²) in [5.41, 5.74) is -2.12. The predicted octanol–water partition coefficient (Wildman–Crippen LogP) is 4.69. The van der Waals surface area contributed by atoms with Crippen LogP contribution in [0.5, 0.6) is 0 Å². The van der Waals surface area contributed by atoms with Gasteiger partial charge in [0.05, 0.1) is 11.7 Å². The van der Waals surface area contributed by atoms with Gasteiger partial charge in [-0.05, 0) is 85.9 Å². The van der Waals surface area contributed by atoms with E-state index in [1.54, 1.807) is 0 Å². The molecule has 4 saturated carbocycles. The van der Waals surface area contributed by atoms with E-state index in [4.69, 9.17) is 18.4 Å². The first kappa shape index (κ1) is 36.1. The van der Waals surface area contributed by atoms with Crippen molar-refractivity contribution in [3.8, 4) is 0 Å². The lowest BCUT2D eigenvalue weighted by molar-refractivity contribution is -0.268. The molecule has 11 nitrogen and oxygen atoms in total. The minimum Gasteiger partial charge on any atom is -0.726 e. The molecule has 4 fully saturated rings. The van der Waals surface area contributed by atoms with Gasteiger partial charge in [-0.1, -0.05) is 34.6 Å². The van der Waals surface area contributed by atoms with Gasteiger partial charge < -0.3 is 23.9 Å². The average Bonchev–Trinajstić information content (AvgIpc) is 3.18. The number of esters is 3. The molecular weight excluding hydrogens is 604 g/mol. The van der Waals surface area contributed by atoms with Crippen molar-refractivity contribution in [2.24, 2.45) is 46.3 Å². The lowest BCUT2D eigenvalue weighted by Gasteiger charge is -2.66. The van der Waals surface area contributed by atoms with Gasteiger partial charge in [0.15, 0.2) is 0 Å². The van der Waals surface area contributed by atoms with Gasteiger partial charge in [-0.15, -0.1) is 0 Å². The second-order valence-electron chi connectivity index (χ2n) is 15.4. The third-order valence-corrected chi connectivity index (χ3v) is 12.7. The summed E-state index contributed by atoms with van der Waals surface area (Å²) in [6, 6.07) is 0. The minimum atomic E-state index is -4.85. The van der Waals surface area contributed by atoms with Gasteiger partial charge in [-0.25, -0.2) is 8.42 Å². The zero-order valence-corrected chi connectivity index (χ0v) is 28.9. The third kappa shape index (κ3) is 7.23. The highest BCUT2D eigenvalue weighted by atomic mass is 32.3. The summed E-state index contributed by atoms with van der Waals surface area (Å²) < 4.78 is 56.6. The zero-order valence-electron chi connectivity index (χ0n) is 28.1. The number of aliphatic hydroxyl groups is 1. The zero-order chi connectivity index (χ0) is 33.7. The van der Waals surface area contributed by atoms with Crippen molar-refractivity contribution in [3.63, 3.8) is 0 Å². The number of hydrogen-bond donors (Lipinski definition) is 1. The van der Waals surface area contributed by atoms with Crippen LogP contribution in [0.15, 0.2) is 0 Å². The van der Waals surface area contributed by atoms with E-state index in [0.717, 1.165) is 12.8 Å². The molecule has 0 bridgehead atoms. The molecule has 0 aromatic rings. The lowest BCUT2D eigenvalue weighted by Crippen LogP contribution is -2.69. The molecule has 12 heteroatoms. The molecule has 4 aliphatic rings. The molecule has 0 amide bonds. The first-order valence-electron chi connectivity index (χ1n) is 16.6. The third-order valence-electron chi connectivity index (χ3n) is 12.2. The molecule has 0 aromatic carbocycles. The van der Waals surface area contributed by atoms with Crippen molar-refractivity contribution in [1.29, 1.82) is 0 Å². The Morgan fingerprint density at radius 3 is 2.00 bits per heavy atom. The van der Waals surface area contributed by atoms with Gasteiger partial charge in [0.2, 0.25) is 10.4 Å². The SMILES string of the molecule is CC(=O)O[C@H]1CC[C@@]2(C)[C@H](C1)[C@@H](OC(C)=O)C[C@]1(O)[C@@H]2CC[C@]2(C)[C@@H]([C@H](C)CC[C@H](OS(=O)(=O)[O-])C(C)C)C[C@@H](OC(C)=O)[C@H]21. The number of rotatable bonds is 10. The fourth-order valence-corrected chi connectivity index (χ4v) is 11.2. The summed E-state index contributed by atoms with van der Waals surface area (Å²) in [5, 5.41) is 13.0. The van der Waals surface area contributed by atoms with Crippen LogP contribution in [-0.4, -0.2) is 66.0 Å². The fraction of sp³-hybridized carbons (Fsp3) is 0.909. The van der Waals surface area contributed by atoms with E-state index in [-0.39, 0.29) is 48.1 Å². The van der Waals surface area contributed by atoms with Gasteiger partial charge in [0.1, 0.15) is 18.3 Å². The Hall–Kier alpha value is -1.76. The lowest BCUT2D eigenvalue weighted by atomic mass is 9.41. The van der Waals surface area contributed by atoms with Gasteiger partial charge in [-0.2, -0.15) is 0 Å². The molecule has 0 heterocycles. The van der Waals surface area contributed by atoms with Crippen molar-refractivity contribution in [2.75, 3.05) is 0 Å². The summed E-state index contributed by atoms with van der Waals surface area (Å²) in [6.45, 7) is 14.2. The summed E-state index contributed by atoms with van der Waals surface area (Å²) in [4.78, 5) is 36.6. The van der Waals surface area contributed by atoms with Crippen LogP contribution in [0.1, 0.15) is 113 Å². The van der Waals surface area contributed by atoms with Crippen LogP contribution < -0.4 is 0 Å². The Bertz CT molecular complexity index is 1230. The largest absolute Gasteiger partial charge is 0.726 e. The highest BCUT2D eigenvalue weighted by Crippen LogP contribution is 2.70. The van der Waals surface area contributed by atoms with Crippen LogP contribution in [0.4, 0.5) is 0 Å². The number of carbonyl (C=O) groups excluding carboxylic acids is 3. The fourth-order valence-electron chi connectivity index (χ4n) is 10.6. The number of ether oxygens (including phenoxy) is 3. The second kappa shape index (κ2) is 13.0. The maximum atomic E-state index is 13.0. The van der Waals surface area contributed by atoms with E-state index in [0.29, 0.717) is 38.5 Å². The molecule has 0 saturated heterocycles. The summed E-state index contributed by atoms with van der Waals surface area (Å²) in [5.74, 6) is -1.97. The molecule has 4 rings (SSSR count). The maximum absolute atomic E-state index is 13.0. The van der Waals surface area contributed by atoms with Crippen LogP contribution in [0.2, 0.25) is 0 Å². The molecule has 0 unspecified atom stereocenters. The Morgan fingerprint density at radius 2 is 1.44 bits per heavy atom. The van der Waals surface area contributed by atoms with Gasteiger partial charge >= 0.3 is 17.9 Å². The van der Waals surface area contributed by atoms with Gasteiger partial charge in [0, 0.05) is 39.0 Å². The Morgan fingerprint density at radius 1 is 0.867 bits per heavy atom. The highest BCUT2D eigenvalue weighted by Gasteiger charge is 2.72. The Balaban J connectivity index is 1.68. The number of carbonyl (C=O) groups is 3. The second-order valence-corrected chi connectivity index (χ2v) is 16.4. The van der Waals surface area contributed by atoms with Crippen LogP contribution in [0.25, 0.3) is 0 Å². The topological polar surface area (TPSA) is 166 Å². The van der Waals surface area contributed by atoms with Crippen molar-refractivity contribution in [1.82, 2.24) is 0 Å². The van der Waals surface area contributed by atoms with Crippen LogP contribution >= 0.6 is 0 Å². The van der Waals surface area contributed by atoms with Crippen LogP contribution in [0, 0.1) is 46.3 Å². The molecule has 45 heavy (non-hydrogen) atoms. The Labute approximate surface area is 268 Å². The van der Waals surface area contributed by atoms with Crippen molar-refractivity contribution < 1.29 is 50.9 Å². The van der Waals surface area contributed by atoms with E-state index in [1.165, 1.54) is 20.8 Å². The first-order valence-corrected chi connectivity index (χ1v) is 17.9. The monoisotopic (exact) mass is 657 g/mol. The van der Waals surface area contributed by atoms with Crippen molar-refractivity contribution in [2.45, 2.75) is 143 Å². The normalized spacial score (nSPS) is 40.8. The van der Waals surface area contributed by atoms with Crippen molar-refractivity contribution in [3.05, 3.63) is 0 Å². The maximum Gasteiger partial charge on any atom is 0.302 e. The van der Waals surface area contributed by atoms with Crippen molar-refractivity contribution >= 4 is 28.3 Å². The molecular formula is C33H53O11S-. The molecule has 258 valence electrons. The molecule has 0 radical (unpaired) electrons. The minimum absolute atomic E-state index is 0.0332. The molecule has 4 aliphatic carbocycles. The van der Waals surface area contributed by atoms with E-state index in [1.807, 2.05) is 13.8 Å². The smallest absolute Gasteiger partial charge is 0.302 e. The quantitative estimate of drug-likeness (QED) is 0.150. The van der Waals surface area contributed by atoms with E-state index < -0.39 is 63.0 Å². The molecule has 1 N–H and O–H groups in total. The number of hydrogen-bond acceptors (Lipinski definition) is 11. The summed E-state index contributed by atoms with van der Waals surface area (Å²) >= 11 is 0. The van der Waals surface area contributed by atoms with E-state index in [2.05, 4.69) is 20.8 Å². The average molecular weight is 658 g/mol. The highest BCUT2D eigenvalue weighted by molar-refractivity contribution is 7.80. The number of fused-ring (bicyclic) bond motifs is 5.